The van der Waals surface area contributed by atoms with Crippen LogP contribution < -0.4 is 5.32 Å². The van der Waals surface area contributed by atoms with Crippen molar-refractivity contribution in [3.05, 3.63) is 18.2 Å². The van der Waals surface area contributed by atoms with Crippen molar-refractivity contribution in [1.82, 2.24) is 19.8 Å². The van der Waals surface area contributed by atoms with Crippen molar-refractivity contribution >= 4 is 12.0 Å². The summed E-state index contributed by atoms with van der Waals surface area (Å²) in [4.78, 5) is 28.2. The molecule has 0 aromatic carbocycles. The van der Waals surface area contributed by atoms with Gasteiger partial charge >= 0.3 is 12.0 Å². The lowest BCUT2D eigenvalue weighted by Crippen LogP contribution is -2.42. The highest BCUT2D eigenvalue weighted by atomic mass is 16.4. The maximum Gasteiger partial charge on any atom is 0.356 e. The molecule has 0 aliphatic heterocycles. The van der Waals surface area contributed by atoms with Crippen LogP contribution in [0.25, 0.3) is 0 Å². The van der Waals surface area contributed by atoms with E-state index < -0.39 is 5.97 Å². The van der Waals surface area contributed by atoms with E-state index in [1.165, 1.54) is 25.4 Å². The second-order valence-electron chi connectivity index (χ2n) is 5.02. The van der Waals surface area contributed by atoms with Gasteiger partial charge in [-0.1, -0.05) is 0 Å². The van der Waals surface area contributed by atoms with Crippen molar-refractivity contribution in [3.63, 3.8) is 0 Å². The topological polar surface area (TPSA) is 87.5 Å². The van der Waals surface area contributed by atoms with Gasteiger partial charge in [-0.2, -0.15) is 0 Å². The predicted molar refractivity (Wildman–Crippen MR) is 72.6 cm³/mol. The van der Waals surface area contributed by atoms with Crippen molar-refractivity contribution in [1.29, 1.82) is 0 Å². The van der Waals surface area contributed by atoms with Crippen molar-refractivity contribution in [2.45, 2.75) is 26.3 Å². The highest BCUT2D eigenvalue weighted by Crippen LogP contribution is 2.29. The number of amides is 2. The number of carboxylic acid groups (broad SMARTS) is 1. The number of carboxylic acids is 1. The lowest BCUT2D eigenvalue weighted by atomic mass is 10.4. The Labute approximate surface area is 117 Å². The summed E-state index contributed by atoms with van der Waals surface area (Å²) in [7, 11) is 0. The van der Waals surface area contributed by atoms with Crippen LogP contribution in [0.4, 0.5) is 4.79 Å². The van der Waals surface area contributed by atoms with Crippen molar-refractivity contribution in [3.8, 4) is 0 Å². The minimum atomic E-state index is -1.05. The normalized spacial score (nSPS) is 14.1. The number of aromatic carboxylic acids is 1. The van der Waals surface area contributed by atoms with Crippen LogP contribution >= 0.6 is 0 Å². The first kappa shape index (κ1) is 14.4. The molecule has 1 heterocycles. The Morgan fingerprint density at radius 3 is 2.85 bits per heavy atom. The molecule has 110 valence electrons. The van der Waals surface area contributed by atoms with E-state index in [9.17, 15) is 9.59 Å². The number of urea groups is 1. The van der Waals surface area contributed by atoms with Gasteiger partial charge in [0.1, 0.15) is 0 Å². The molecule has 1 aromatic rings. The maximum atomic E-state index is 11.9. The molecule has 0 atom stereocenters. The van der Waals surface area contributed by atoms with Gasteiger partial charge in [-0.25, -0.2) is 14.6 Å². The standard InChI is InChI=1S/C13H20N4O3/c1-2-17(7-10-3-4-10)13(20)14-5-6-16-8-11(12(18)19)15-9-16/h8-10H,2-7H2,1H3,(H,14,20)(H,18,19). The largest absolute Gasteiger partial charge is 0.476 e. The van der Waals surface area contributed by atoms with E-state index in [1.807, 2.05) is 11.8 Å². The first-order valence-electron chi connectivity index (χ1n) is 6.88. The van der Waals surface area contributed by atoms with E-state index in [-0.39, 0.29) is 11.7 Å². The van der Waals surface area contributed by atoms with Crippen molar-refractivity contribution < 1.29 is 14.7 Å². The van der Waals surface area contributed by atoms with Gasteiger partial charge in [0, 0.05) is 32.4 Å². The number of hydrogen-bond acceptors (Lipinski definition) is 3. The van der Waals surface area contributed by atoms with Gasteiger partial charge in [0.25, 0.3) is 0 Å². The molecule has 0 radical (unpaired) electrons. The molecule has 1 aliphatic carbocycles. The monoisotopic (exact) mass is 280 g/mol. The van der Waals surface area contributed by atoms with E-state index in [0.717, 1.165) is 6.54 Å². The molecule has 1 aliphatic rings. The molecule has 7 heteroatoms. The van der Waals surface area contributed by atoms with Crippen LogP contribution in [0.15, 0.2) is 12.5 Å². The minimum absolute atomic E-state index is 0.0141. The van der Waals surface area contributed by atoms with E-state index in [4.69, 9.17) is 5.11 Å². The zero-order chi connectivity index (χ0) is 14.5. The summed E-state index contributed by atoms with van der Waals surface area (Å²) >= 11 is 0. The molecule has 2 amide bonds. The van der Waals surface area contributed by atoms with Crippen LogP contribution in [0.3, 0.4) is 0 Å². The van der Waals surface area contributed by atoms with Crippen LogP contribution in [-0.4, -0.2) is 51.2 Å². The van der Waals surface area contributed by atoms with E-state index in [1.54, 1.807) is 4.57 Å². The summed E-state index contributed by atoms with van der Waals surface area (Å²) in [6.45, 7) is 4.46. The number of aromatic nitrogens is 2. The Morgan fingerprint density at radius 2 is 2.30 bits per heavy atom. The molecular weight excluding hydrogens is 260 g/mol. The number of hydrogen-bond donors (Lipinski definition) is 2. The third-order valence-corrected chi connectivity index (χ3v) is 3.34. The summed E-state index contributed by atoms with van der Waals surface area (Å²) in [6.07, 6.45) is 5.35. The van der Waals surface area contributed by atoms with Gasteiger partial charge in [0.05, 0.1) is 6.33 Å². The van der Waals surface area contributed by atoms with Crippen molar-refractivity contribution in [2.24, 2.45) is 5.92 Å². The minimum Gasteiger partial charge on any atom is -0.476 e. The molecule has 7 nitrogen and oxygen atoms in total. The quantitative estimate of drug-likeness (QED) is 0.780. The Hall–Kier alpha value is -2.05. The third kappa shape index (κ3) is 3.97. The SMILES string of the molecule is CCN(CC1CC1)C(=O)NCCn1cnc(C(=O)O)c1. The Bertz CT molecular complexity index is 482. The Morgan fingerprint density at radius 1 is 1.55 bits per heavy atom. The fourth-order valence-corrected chi connectivity index (χ4v) is 1.96. The van der Waals surface area contributed by atoms with Crippen molar-refractivity contribution in [2.75, 3.05) is 19.6 Å². The number of nitrogens with zero attached hydrogens (tertiary/aromatic N) is 3. The first-order valence-corrected chi connectivity index (χ1v) is 6.88. The van der Waals surface area contributed by atoms with Gasteiger partial charge in [-0.3, -0.25) is 0 Å². The van der Waals surface area contributed by atoms with Crippen LogP contribution in [0.1, 0.15) is 30.3 Å². The second kappa shape index (κ2) is 6.40. The second-order valence-corrected chi connectivity index (χ2v) is 5.02. The highest BCUT2D eigenvalue weighted by molar-refractivity contribution is 5.84. The Balaban J connectivity index is 1.73. The molecule has 2 N–H and O–H groups in total. The molecule has 0 unspecified atom stereocenters. The van der Waals surface area contributed by atoms with Gasteiger partial charge < -0.3 is 19.9 Å². The first-order chi connectivity index (χ1) is 9.60. The fraction of sp³-hybridized carbons (Fsp3) is 0.615. The average molecular weight is 280 g/mol. The van der Waals surface area contributed by atoms with E-state index in [0.29, 0.717) is 25.6 Å². The summed E-state index contributed by atoms with van der Waals surface area (Å²) in [5.41, 5.74) is 0.0141. The van der Waals surface area contributed by atoms with Gasteiger partial charge in [-0.05, 0) is 25.7 Å². The zero-order valence-electron chi connectivity index (χ0n) is 11.6. The van der Waals surface area contributed by atoms with E-state index >= 15 is 0 Å². The molecule has 1 fully saturated rings. The molecular formula is C13H20N4O3. The summed E-state index contributed by atoms with van der Waals surface area (Å²) in [5, 5.41) is 11.6. The number of nitrogens with one attached hydrogen (secondary N) is 1. The molecule has 0 saturated heterocycles. The summed E-state index contributed by atoms with van der Waals surface area (Å²) in [5.74, 6) is -0.373. The zero-order valence-corrected chi connectivity index (χ0v) is 11.6. The predicted octanol–water partition coefficient (Wildman–Crippen LogP) is 1.02. The summed E-state index contributed by atoms with van der Waals surface area (Å²) < 4.78 is 1.65. The number of carbonyl (C=O) groups excluding carboxylic acids is 1. The molecule has 2 rings (SSSR count). The van der Waals surface area contributed by atoms with Crippen LogP contribution in [-0.2, 0) is 6.54 Å². The summed E-state index contributed by atoms with van der Waals surface area (Å²) in [6, 6.07) is -0.0574. The fourth-order valence-electron chi connectivity index (χ4n) is 1.96. The highest BCUT2D eigenvalue weighted by Gasteiger charge is 2.25. The smallest absolute Gasteiger partial charge is 0.356 e. The molecule has 0 bridgehead atoms. The van der Waals surface area contributed by atoms with Gasteiger partial charge in [-0.15, -0.1) is 0 Å². The maximum absolute atomic E-state index is 11.9. The number of imidazole rings is 1. The third-order valence-electron chi connectivity index (χ3n) is 3.34. The van der Waals surface area contributed by atoms with Gasteiger partial charge in [0.2, 0.25) is 0 Å². The number of carbonyl (C=O) groups is 2. The lowest BCUT2D eigenvalue weighted by molar-refractivity contribution is 0.0691. The van der Waals surface area contributed by atoms with Crippen LogP contribution in [0.2, 0.25) is 0 Å². The molecule has 20 heavy (non-hydrogen) atoms. The average Bonchev–Trinajstić information content (AvgIpc) is 3.11. The van der Waals surface area contributed by atoms with Crippen LogP contribution in [0, 0.1) is 5.92 Å². The molecule has 1 saturated carbocycles. The molecule has 1 aromatic heterocycles. The Kier molecular flexibility index (Phi) is 4.60. The van der Waals surface area contributed by atoms with Gasteiger partial charge in [0.15, 0.2) is 5.69 Å². The number of rotatable bonds is 7. The lowest BCUT2D eigenvalue weighted by Gasteiger charge is -2.21. The molecule has 0 spiro atoms. The van der Waals surface area contributed by atoms with E-state index in [2.05, 4.69) is 10.3 Å². The van der Waals surface area contributed by atoms with Crippen LogP contribution in [0.5, 0.6) is 0 Å².